The van der Waals surface area contributed by atoms with Crippen molar-refractivity contribution in [3.05, 3.63) is 0 Å². The predicted octanol–water partition coefficient (Wildman–Crippen LogP) is 2.30. The Labute approximate surface area is 182 Å². The number of carbonyl (C=O) groups is 2. The fourth-order valence-corrected chi connectivity index (χ4v) is 2.58. The van der Waals surface area contributed by atoms with E-state index in [-0.39, 0.29) is 11.8 Å². The average Bonchev–Trinajstić information content (AvgIpc) is 2.70. The molecule has 178 valence electrons. The molecule has 0 aromatic rings. The lowest BCUT2D eigenvalue weighted by molar-refractivity contribution is -0.122. The van der Waals surface area contributed by atoms with Crippen LogP contribution in [0.25, 0.3) is 0 Å². The molecule has 0 aromatic heterocycles. The minimum Gasteiger partial charge on any atom is -0.379 e. The zero-order chi connectivity index (χ0) is 22.3. The van der Waals surface area contributed by atoms with Gasteiger partial charge in [-0.15, -0.1) is 0 Å². The minimum atomic E-state index is 0.00365. The summed E-state index contributed by atoms with van der Waals surface area (Å²) >= 11 is 0. The van der Waals surface area contributed by atoms with Crippen molar-refractivity contribution < 1.29 is 28.5 Å². The zero-order valence-corrected chi connectivity index (χ0v) is 19.3. The van der Waals surface area contributed by atoms with Crippen molar-refractivity contribution in [3.8, 4) is 0 Å². The van der Waals surface area contributed by atoms with E-state index in [0.29, 0.717) is 78.8 Å². The number of carbonyl (C=O) groups excluding carboxylic acids is 2. The van der Waals surface area contributed by atoms with Gasteiger partial charge >= 0.3 is 0 Å². The monoisotopic (exact) mass is 432 g/mol. The van der Waals surface area contributed by atoms with Crippen LogP contribution in [0.15, 0.2) is 0 Å². The summed E-state index contributed by atoms with van der Waals surface area (Å²) < 4.78 is 21.5. The van der Waals surface area contributed by atoms with Crippen LogP contribution >= 0.6 is 0 Å². The molecule has 2 amide bonds. The molecule has 0 spiro atoms. The highest BCUT2D eigenvalue weighted by Crippen LogP contribution is 2.09. The number of amides is 2. The maximum Gasteiger partial charge on any atom is 0.222 e. The summed E-state index contributed by atoms with van der Waals surface area (Å²) in [7, 11) is 0. The quantitative estimate of drug-likeness (QED) is 0.255. The van der Waals surface area contributed by atoms with Gasteiger partial charge < -0.3 is 29.6 Å². The van der Waals surface area contributed by atoms with Gasteiger partial charge in [0.25, 0.3) is 0 Å². The molecule has 0 rings (SSSR count). The van der Waals surface area contributed by atoms with E-state index >= 15 is 0 Å². The molecule has 0 aromatic carbocycles. The van der Waals surface area contributed by atoms with Gasteiger partial charge in [-0.1, -0.05) is 33.1 Å². The summed E-state index contributed by atoms with van der Waals surface area (Å²) in [6, 6.07) is 0. The van der Waals surface area contributed by atoms with Crippen molar-refractivity contribution in [3.63, 3.8) is 0 Å². The standard InChI is InChI=1S/C22H44N2O6/c1-4-23-22(26)10-12-27-14-16-29-18-19-30-17-15-28-13-11-24-21(25)9-7-5-6-8-20(2)3/h20H,4-19H2,1-3H3,(H,23,26)(H,24,25). The number of rotatable bonds is 22. The molecule has 0 bridgehead atoms. The molecule has 2 N–H and O–H groups in total. The fraction of sp³-hybridized carbons (Fsp3) is 0.909. The molecule has 0 saturated carbocycles. The van der Waals surface area contributed by atoms with Gasteiger partial charge in [0.2, 0.25) is 11.8 Å². The van der Waals surface area contributed by atoms with Gasteiger partial charge in [-0.2, -0.15) is 0 Å². The second kappa shape index (κ2) is 22.5. The molecule has 0 aliphatic heterocycles. The first-order chi connectivity index (χ1) is 14.6. The lowest BCUT2D eigenvalue weighted by Gasteiger charge is -2.08. The van der Waals surface area contributed by atoms with E-state index in [9.17, 15) is 9.59 Å². The highest BCUT2D eigenvalue weighted by Gasteiger charge is 2.01. The summed E-state index contributed by atoms with van der Waals surface area (Å²) in [5, 5.41) is 5.59. The van der Waals surface area contributed by atoms with E-state index in [0.717, 1.165) is 18.8 Å². The molecule has 8 nitrogen and oxygen atoms in total. The Hall–Kier alpha value is -1.22. The lowest BCUT2D eigenvalue weighted by Crippen LogP contribution is -2.27. The van der Waals surface area contributed by atoms with Crippen LogP contribution in [0.2, 0.25) is 0 Å². The van der Waals surface area contributed by atoms with Crippen molar-refractivity contribution in [2.75, 3.05) is 65.9 Å². The van der Waals surface area contributed by atoms with Crippen molar-refractivity contribution in [2.45, 2.75) is 59.3 Å². The molecular weight excluding hydrogens is 388 g/mol. The Bertz CT molecular complexity index is 407. The van der Waals surface area contributed by atoms with Crippen LogP contribution in [0.4, 0.5) is 0 Å². The Morgan fingerprint density at radius 3 is 1.77 bits per heavy atom. The lowest BCUT2D eigenvalue weighted by atomic mass is 10.0. The normalized spacial score (nSPS) is 11.1. The van der Waals surface area contributed by atoms with Gasteiger partial charge in [0.1, 0.15) is 0 Å². The maximum absolute atomic E-state index is 11.7. The Balaban J connectivity index is 3.17. The molecule has 0 radical (unpaired) electrons. The first-order valence-electron chi connectivity index (χ1n) is 11.4. The van der Waals surface area contributed by atoms with Crippen LogP contribution < -0.4 is 10.6 Å². The van der Waals surface area contributed by atoms with E-state index in [2.05, 4.69) is 24.5 Å². The molecule has 0 saturated heterocycles. The summed E-state index contributed by atoms with van der Waals surface area (Å²) in [6.07, 6.45) is 5.48. The van der Waals surface area contributed by atoms with Gasteiger partial charge in [-0.25, -0.2) is 0 Å². The van der Waals surface area contributed by atoms with Gasteiger partial charge in [0, 0.05) is 25.9 Å². The van der Waals surface area contributed by atoms with E-state index < -0.39 is 0 Å². The minimum absolute atomic E-state index is 0.00365. The first kappa shape index (κ1) is 28.8. The van der Waals surface area contributed by atoms with Crippen LogP contribution in [-0.2, 0) is 28.5 Å². The van der Waals surface area contributed by atoms with Gasteiger partial charge in [-0.3, -0.25) is 9.59 Å². The molecule has 0 atom stereocenters. The molecule has 0 aliphatic carbocycles. The van der Waals surface area contributed by atoms with E-state index in [1.54, 1.807) is 0 Å². The van der Waals surface area contributed by atoms with Crippen molar-refractivity contribution >= 4 is 11.8 Å². The number of hydrogen-bond acceptors (Lipinski definition) is 6. The Kier molecular flexibility index (Phi) is 21.6. The number of hydrogen-bond donors (Lipinski definition) is 2. The Morgan fingerprint density at radius 1 is 0.667 bits per heavy atom. The predicted molar refractivity (Wildman–Crippen MR) is 118 cm³/mol. The van der Waals surface area contributed by atoms with E-state index in [4.69, 9.17) is 18.9 Å². The summed E-state index contributed by atoms with van der Waals surface area (Å²) in [4.78, 5) is 22.9. The topological polar surface area (TPSA) is 95.1 Å². The summed E-state index contributed by atoms with van der Waals surface area (Å²) in [5.74, 6) is 0.845. The second-order valence-electron chi connectivity index (χ2n) is 7.50. The van der Waals surface area contributed by atoms with Crippen LogP contribution in [-0.4, -0.2) is 77.8 Å². The second-order valence-corrected chi connectivity index (χ2v) is 7.50. The third-order valence-corrected chi connectivity index (χ3v) is 4.22. The molecule has 0 unspecified atom stereocenters. The average molecular weight is 433 g/mol. The van der Waals surface area contributed by atoms with Crippen LogP contribution in [0.5, 0.6) is 0 Å². The van der Waals surface area contributed by atoms with Gasteiger partial charge in [0.15, 0.2) is 0 Å². The Morgan fingerprint density at radius 2 is 1.20 bits per heavy atom. The SMILES string of the molecule is CCNC(=O)CCOCCOCCOCCOCCNC(=O)CCCCCC(C)C. The molecular formula is C22H44N2O6. The smallest absolute Gasteiger partial charge is 0.222 e. The zero-order valence-electron chi connectivity index (χ0n) is 19.3. The van der Waals surface area contributed by atoms with Crippen LogP contribution in [0, 0.1) is 5.92 Å². The van der Waals surface area contributed by atoms with Crippen LogP contribution in [0.3, 0.4) is 0 Å². The first-order valence-corrected chi connectivity index (χ1v) is 11.4. The highest BCUT2D eigenvalue weighted by molar-refractivity contribution is 5.76. The van der Waals surface area contributed by atoms with Gasteiger partial charge in [-0.05, 0) is 19.3 Å². The van der Waals surface area contributed by atoms with Crippen molar-refractivity contribution in [2.24, 2.45) is 5.92 Å². The number of ether oxygens (including phenoxy) is 4. The number of unbranched alkanes of at least 4 members (excludes halogenated alkanes) is 2. The van der Waals surface area contributed by atoms with Crippen LogP contribution in [0.1, 0.15) is 59.3 Å². The van der Waals surface area contributed by atoms with Gasteiger partial charge in [0.05, 0.1) is 52.9 Å². The van der Waals surface area contributed by atoms with E-state index in [1.807, 2.05) is 6.92 Å². The molecule has 0 aliphatic rings. The highest BCUT2D eigenvalue weighted by atomic mass is 16.6. The fourth-order valence-electron chi connectivity index (χ4n) is 2.58. The largest absolute Gasteiger partial charge is 0.379 e. The summed E-state index contributed by atoms with van der Waals surface area (Å²) in [6.45, 7) is 11.3. The maximum atomic E-state index is 11.7. The third kappa shape index (κ3) is 23.1. The molecule has 0 heterocycles. The van der Waals surface area contributed by atoms with E-state index in [1.165, 1.54) is 12.8 Å². The molecule has 30 heavy (non-hydrogen) atoms. The summed E-state index contributed by atoms with van der Waals surface area (Å²) in [5.41, 5.74) is 0. The van der Waals surface area contributed by atoms with Crippen molar-refractivity contribution in [1.82, 2.24) is 10.6 Å². The molecule has 0 fully saturated rings. The number of nitrogens with one attached hydrogen (secondary N) is 2. The van der Waals surface area contributed by atoms with Crippen molar-refractivity contribution in [1.29, 1.82) is 0 Å². The third-order valence-electron chi connectivity index (χ3n) is 4.22. The molecule has 8 heteroatoms.